The van der Waals surface area contributed by atoms with Crippen LogP contribution in [-0.2, 0) is 4.79 Å². The fourth-order valence-electron chi connectivity index (χ4n) is 3.08. The largest absolute Gasteiger partial charge is 0.490 e. The first-order valence-electron chi connectivity index (χ1n) is 9.06. The average Bonchev–Trinajstić information content (AvgIpc) is 2.56. The highest BCUT2D eigenvalue weighted by molar-refractivity contribution is 5.89. The zero-order chi connectivity index (χ0) is 20.0. The third-order valence-electron chi connectivity index (χ3n) is 4.43. The minimum Gasteiger partial charge on any atom is -0.490 e. The molecule has 0 atom stereocenters. The molecule has 2 amide bonds. The summed E-state index contributed by atoms with van der Waals surface area (Å²) in [5.74, 6) is -0.359. The number of hydrogen-bond donors (Lipinski definition) is 3. The van der Waals surface area contributed by atoms with Gasteiger partial charge in [-0.1, -0.05) is 6.92 Å². The van der Waals surface area contributed by atoms with Crippen LogP contribution in [0.15, 0.2) is 18.2 Å². The number of urea groups is 1. The Morgan fingerprint density at radius 2 is 2.11 bits per heavy atom. The fourth-order valence-corrected chi connectivity index (χ4v) is 3.08. The molecule has 1 fully saturated rings. The van der Waals surface area contributed by atoms with Crippen LogP contribution in [0.3, 0.4) is 0 Å². The number of ether oxygens (including phenoxy) is 1. The van der Waals surface area contributed by atoms with E-state index in [1.807, 2.05) is 25.7 Å². The van der Waals surface area contributed by atoms with E-state index in [0.29, 0.717) is 23.5 Å². The second-order valence-corrected chi connectivity index (χ2v) is 6.87. The fraction of sp³-hybridized carbons (Fsp3) is 0.526. The number of benzene rings is 1. The number of nitrogens with zero attached hydrogens (tertiary/aromatic N) is 2. The Hall–Kier alpha value is -2.79. The molecule has 0 spiro atoms. The molecule has 1 aromatic rings. The van der Waals surface area contributed by atoms with E-state index in [9.17, 15) is 14.9 Å². The van der Waals surface area contributed by atoms with E-state index in [1.54, 1.807) is 18.2 Å². The molecule has 8 nitrogen and oxygen atoms in total. The van der Waals surface area contributed by atoms with Crippen molar-refractivity contribution in [1.82, 2.24) is 10.2 Å². The maximum atomic E-state index is 12.2. The predicted molar refractivity (Wildman–Crippen MR) is 101 cm³/mol. The molecule has 1 aromatic carbocycles. The molecule has 0 aromatic heterocycles. The van der Waals surface area contributed by atoms with Crippen molar-refractivity contribution in [3.63, 3.8) is 0 Å². The van der Waals surface area contributed by atoms with Crippen molar-refractivity contribution in [2.24, 2.45) is 0 Å². The summed E-state index contributed by atoms with van der Waals surface area (Å²) in [5.41, 5.74) is 0.870. The average molecular weight is 374 g/mol. The van der Waals surface area contributed by atoms with Gasteiger partial charge in [-0.2, -0.15) is 5.26 Å². The van der Waals surface area contributed by atoms with Crippen LogP contribution in [0.4, 0.5) is 10.5 Å². The molecule has 1 aliphatic rings. The number of nitriles is 1. The summed E-state index contributed by atoms with van der Waals surface area (Å²) >= 11 is 0. The van der Waals surface area contributed by atoms with Gasteiger partial charge >= 0.3 is 12.0 Å². The van der Waals surface area contributed by atoms with Crippen LogP contribution in [0, 0.1) is 11.3 Å². The molecule has 27 heavy (non-hydrogen) atoms. The van der Waals surface area contributed by atoms with Gasteiger partial charge in [-0.3, -0.25) is 9.69 Å². The highest BCUT2D eigenvalue weighted by Gasteiger charge is 2.34. The normalized spacial score (nSPS) is 18.5. The summed E-state index contributed by atoms with van der Waals surface area (Å²) in [6.45, 7) is 6.36. The van der Waals surface area contributed by atoms with Gasteiger partial charge in [0, 0.05) is 17.8 Å². The zero-order valence-corrected chi connectivity index (χ0v) is 15.9. The monoisotopic (exact) mass is 374 g/mol. The maximum absolute atomic E-state index is 12.2. The Morgan fingerprint density at radius 3 is 2.67 bits per heavy atom. The van der Waals surface area contributed by atoms with Crippen molar-refractivity contribution in [3.05, 3.63) is 23.8 Å². The summed E-state index contributed by atoms with van der Waals surface area (Å²) in [4.78, 5) is 24.9. The van der Waals surface area contributed by atoms with Crippen LogP contribution in [0.2, 0.25) is 0 Å². The van der Waals surface area contributed by atoms with E-state index in [-0.39, 0.29) is 30.8 Å². The summed E-state index contributed by atoms with van der Waals surface area (Å²) in [6, 6.07) is 6.84. The summed E-state index contributed by atoms with van der Waals surface area (Å²) in [6.07, 6.45) is 1.40. The number of carbonyl (C=O) groups is 2. The molecule has 0 bridgehead atoms. The minimum atomic E-state index is -0.843. The number of carbonyl (C=O) groups excluding carboxylic acids is 1. The molecule has 0 unspecified atom stereocenters. The van der Waals surface area contributed by atoms with Gasteiger partial charge in [0.2, 0.25) is 0 Å². The number of rotatable bonds is 8. The van der Waals surface area contributed by atoms with Crippen LogP contribution in [0.25, 0.3) is 0 Å². The molecule has 0 saturated heterocycles. The second kappa shape index (κ2) is 9.24. The summed E-state index contributed by atoms with van der Waals surface area (Å²) in [7, 11) is 0. The lowest BCUT2D eigenvalue weighted by Gasteiger charge is -2.42. The summed E-state index contributed by atoms with van der Waals surface area (Å²) < 4.78 is 5.56. The first kappa shape index (κ1) is 20.5. The summed E-state index contributed by atoms with van der Waals surface area (Å²) in [5, 5.41) is 23.8. The lowest BCUT2D eigenvalue weighted by molar-refractivity contribution is -0.139. The molecule has 1 saturated carbocycles. The van der Waals surface area contributed by atoms with Gasteiger partial charge in [0.25, 0.3) is 0 Å². The minimum absolute atomic E-state index is 0.0110. The maximum Gasteiger partial charge on any atom is 0.319 e. The topological polar surface area (TPSA) is 115 Å². The first-order valence-corrected chi connectivity index (χ1v) is 9.06. The van der Waals surface area contributed by atoms with E-state index >= 15 is 0 Å². The Kier molecular flexibility index (Phi) is 7.02. The van der Waals surface area contributed by atoms with E-state index in [1.165, 1.54) is 0 Å². The number of carboxylic acid groups (broad SMARTS) is 1. The lowest BCUT2D eigenvalue weighted by atomic mass is 9.85. The highest BCUT2D eigenvalue weighted by Crippen LogP contribution is 2.26. The van der Waals surface area contributed by atoms with Crippen molar-refractivity contribution in [2.45, 2.75) is 51.8 Å². The Balaban J connectivity index is 1.85. The van der Waals surface area contributed by atoms with Crippen LogP contribution < -0.4 is 15.4 Å². The predicted octanol–water partition coefficient (Wildman–Crippen LogP) is 2.40. The number of aliphatic carboxylic acids is 1. The van der Waals surface area contributed by atoms with Gasteiger partial charge in [-0.25, -0.2) is 4.79 Å². The standard InChI is InChI=1S/C19H26N4O4/c1-4-23(11-18(24)25)16-8-15(9-16)22-19(26)21-14-5-6-17(27-12(2)3)13(7-14)10-20/h5-7,12,15-16H,4,8-9,11H2,1-3H3,(H,24,25)(H2,21,22,26). The van der Waals surface area contributed by atoms with E-state index < -0.39 is 5.97 Å². The van der Waals surface area contributed by atoms with Crippen LogP contribution in [0.1, 0.15) is 39.2 Å². The first-order chi connectivity index (χ1) is 12.8. The van der Waals surface area contributed by atoms with Crippen molar-refractivity contribution < 1.29 is 19.4 Å². The van der Waals surface area contributed by atoms with E-state index in [2.05, 4.69) is 16.7 Å². The van der Waals surface area contributed by atoms with E-state index in [0.717, 1.165) is 12.8 Å². The second-order valence-electron chi connectivity index (χ2n) is 6.87. The molecule has 3 N–H and O–H groups in total. The van der Waals surface area contributed by atoms with Crippen LogP contribution in [0.5, 0.6) is 5.75 Å². The molecule has 0 heterocycles. The number of likely N-dealkylation sites (N-methyl/N-ethyl adjacent to an activating group) is 1. The van der Waals surface area contributed by atoms with Gasteiger partial charge in [0.05, 0.1) is 18.2 Å². The van der Waals surface area contributed by atoms with Gasteiger partial charge in [-0.15, -0.1) is 0 Å². The number of nitrogens with one attached hydrogen (secondary N) is 2. The highest BCUT2D eigenvalue weighted by atomic mass is 16.5. The number of amides is 2. The smallest absolute Gasteiger partial charge is 0.319 e. The molecular formula is C19H26N4O4. The number of hydrogen-bond acceptors (Lipinski definition) is 5. The Bertz CT molecular complexity index is 723. The zero-order valence-electron chi connectivity index (χ0n) is 15.9. The Labute approximate surface area is 159 Å². The molecule has 8 heteroatoms. The quantitative estimate of drug-likeness (QED) is 0.644. The van der Waals surface area contributed by atoms with Gasteiger partial charge in [0.1, 0.15) is 11.8 Å². The van der Waals surface area contributed by atoms with Crippen molar-refractivity contribution in [3.8, 4) is 11.8 Å². The SMILES string of the molecule is CCN(CC(=O)O)C1CC(NC(=O)Nc2ccc(OC(C)C)c(C#N)c2)C1. The van der Waals surface area contributed by atoms with Gasteiger partial charge in [0.15, 0.2) is 0 Å². The Morgan fingerprint density at radius 1 is 1.41 bits per heavy atom. The van der Waals surface area contributed by atoms with Crippen molar-refractivity contribution in [1.29, 1.82) is 5.26 Å². The molecule has 146 valence electrons. The molecule has 1 aliphatic carbocycles. The van der Waals surface area contributed by atoms with Crippen molar-refractivity contribution >= 4 is 17.7 Å². The lowest BCUT2D eigenvalue weighted by Crippen LogP contribution is -2.55. The molecule has 0 radical (unpaired) electrons. The molecule has 0 aliphatic heterocycles. The van der Waals surface area contributed by atoms with E-state index in [4.69, 9.17) is 9.84 Å². The van der Waals surface area contributed by atoms with Crippen LogP contribution in [-0.4, -0.2) is 53.3 Å². The number of carboxylic acids is 1. The van der Waals surface area contributed by atoms with Gasteiger partial charge < -0.3 is 20.5 Å². The third-order valence-corrected chi connectivity index (χ3v) is 4.43. The molecule has 2 rings (SSSR count). The third kappa shape index (κ3) is 5.86. The van der Waals surface area contributed by atoms with Gasteiger partial charge in [-0.05, 0) is 51.4 Å². The van der Waals surface area contributed by atoms with Crippen LogP contribution >= 0.6 is 0 Å². The number of anilines is 1. The molecular weight excluding hydrogens is 348 g/mol. The van der Waals surface area contributed by atoms with Crippen molar-refractivity contribution in [2.75, 3.05) is 18.4 Å².